The molecule has 36 heavy (non-hydrogen) atoms. The molecule has 2 amide bonds. The van der Waals surface area contributed by atoms with Crippen LogP contribution in [0.3, 0.4) is 0 Å². The second-order valence-corrected chi connectivity index (χ2v) is 11.8. The first kappa shape index (κ1) is 28.5. The van der Waals surface area contributed by atoms with Crippen molar-refractivity contribution < 1.29 is 18.0 Å². The van der Waals surface area contributed by atoms with Crippen molar-refractivity contribution in [3.05, 3.63) is 18.0 Å². The Balaban J connectivity index is 1.46. The van der Waals surface area contributed by atoms with Crippen molar-refractivity contribution in [2.45, 2.75) is 85.0 Å². The van der Waals surface area contributed by atoms with Crippen molar-refractivity contribution in [1.29, 1.82) is 0 Å². The number of carbonyl (C=O) groups is 1. The first-order valence-corrected chi connectivity index (χ1v) is 13.3. The fourth-order valence-corrected chi connectivity index (χ4v) is 5.22. The molecule has 0 radical (unpaired) electrons. The lowest BCUT2D eigenvalue weighted by molar-refractivity contribution is -0.138. The summed E-state index contributed by atoms with van der Waals surface area (Å²) in [4.78, 5) is 27.2. The van der Waals surface area contributed by atoms with Crippen LogP contribution < -0.4 is 10.2 Å². The monoisotopic (exact) mass is 512 g/mol. The Bertz CT molecular complexity index is 820. The number of aromatic nitrogens is 2. The molecule has 10 heteroatoms. The number of hydrogen-bond donors (Lipinski definition) is 1. The molecule has 1 N–H and O–H groups in total. The molecule has 3 rings (SSSR count). The van der Waals surface area contributed by atoms with Gasteiger partial charge in [0.05, 0.1) is 5.56 Å². The van der Waals surface area contributed by atoms with Crippen LogP contribution in [0.15, 0.2) is 12.4 Å². The van der Waals surface area contributed by atoms with Crippen LogP contribution in [0.5, 0.6) is 0 Å². The van der Waals surface area contributed by atoms with Gasteiger partial charge in [-0.15, -0.1) is 0 Å². The predicted molar refractivity (Wildman–Crippen MR) is 136 cm³/mol. The van der Waals surface area contributed by atoms with Crippen LogP contribution in [0.25, 0.3) is 0 Å². The van der Waals surface area contributed by atoms with Gasteiger partial charge in [0.25, 0.3) is 0 Å². The Morgan fingerprint density at radius 2 is 1.58 bits per heavy atom. The number of carbonyl (C=O) groups excluding carboxylic acids is 1. The number of rotatable bonds is 5. The van der Waals surface area contributed by atoms with Crippen LogP contribution in [0, 0.1) is 11.3 Å². The number of nitrogens with one attached hydrogen (secondary N) is 1. The molecule has 2 atom stereocenters. The van der Waals surface area contributed by atoms with Gasteiger partial charge >= 0.3 is 12.2 Å². The van der Waals surface area contributed by atoms with Crippen LogP contribution in [0.2, 0.25) is 0 Å². The van der Waals surface area contributed by atoms with Crippen LogP contribution in [0.1, 0.15) is 72.3 Å². The third kappa shape index (κ3) is 8.21. The Hall–Kier alpha value is -2.10. The summed E-state index contributed by atoms with van der Waals surface area (Å²) < 4.78 is 38.4. The van der Waals surface area contributed by atoms with E-state index in [1.165, 1.54) is 6.42 Å². The second kappa shape index (κ2) is 12.0. The Labute approximate surface area is 213 Å². The van der Waals surface area contributed by atoms with Crippen molar-refractivity contribution in [2.24, 2.45) is 11.3 Å². The zero-order chi connectivity index (χ0) is 26.5. The maximum absolute atomic E-state index is 13.1. The summed E-state index contributed by atoms with van der Waals surface area (Å²) in [7, 11) is 0. The molecule has 2 saturated heterocycles. The van der Waals surface area contributed by atoms with Crippen LogP contribution in [-0.2, 0) is 6.18 Å². The molecule has 7 nitrogen and oxygen atoms in total. The van der Waals surface area contributed by atoms with E-state index in [0.29, 0.717) is 31.0 Å². The number of hydrogen-bond acceptors (Lipinski definition) is 5. The number of alkyl halides is 3. The highest BCUT2D eigenvalue weighted by Gasteiger charge is 2.35. The first-order chi connectivity index (χ1) is 16.8. The van der Waals surface area contributed by atoms with Gasteiger partial charge in [0.2, 0.25) is 5.95 Å². The minimum Gasteiger partial charge on any atom is -0.338 e. The van der Waals surface area contributed by atoms with E-state index in [1.807, 2.05) is 23.6 Å². The van der Waals surface area contributed by atoms with Crippen molar-refractivity contribution in [2.75, 3.05) is 44.2 Å². The molecule has 2 aliphatic rings. The van der Waals surface area contributed by atoms with Gasteiger partial charge < -0.3 is 20.0 Å². The Kier molecular flexibility index (Phi) is 9.46. The highest BCUT2D eigenvalue weighted by Crippen LogP contribution is 2.29. The standard InChI is InChI=1S/C26H43F3N6O/c1-19-17-34(23-30-15-22(16-31-23)26(27,28)29)18-20(2)35(19)24(36)32-14-21-8-6-11-33(12-7-9-21)13-10-25(3,4)5/h15-16,19-21H,6-14,17-18H2,1-5H3,(H,32,36)/t19-,20-/m1/s1. The lowest BCUT2D eigenvalue weighted by Crippen LogP contribution is -2.61. The van der Waals surface area contributed by atoms with Crippen molar-refractivity contribution in [1.82, 2.24) is 25.1 Å². The quantitative estimate of drug-likeness (QED) is 0.599. The summed E-state index contributed by atoms with van der Waals surface area (Å²) in [6, 6.07) is -0.307. The number of piperazine rings is 1. The van der Waals surface area contributed by atoms with Gasteiger partial charge in [0, 0.05) is 44.1 Å². The van der Waals surface area contributed by atoms with Crippen LogP contribution in [-0.4, -0.2) is 77.2 Å². The summed E-state index contributed by atoms with van der Waals surface area (Å²) >= 11 is 0. The maximum Gasteiger partial charge on any atom is 0.419 e. The SMILES string of the molecule is C[C@@H]1CN(c2ncc(C(F)(F)F)cn2)C[C@@H](C)N1C(=O)NCC1CCCN(CCC(C)(C)C)CCC1. The normalized spacial score (nSPS) is 23.3. The average molecular weight is 513 g/mol. The van der Waals surface area contributed by atoms with Gasteiger partial charge in [0.1, 0.15) is 0 Å². The molecular weight excluding hydrogens is 469 g/mol. The second-order valence-electron chi connectivity index (χ2n) is 11.8. The van der Waals surface area contributed by atoms with E-state index >= 15 is 0 Å². The van der Waals surface area contributed by atoms with Crippen molar-refractivity contribution in [3.8, 4) is 0 Å². The highest BCUT2D eigenvalue weighted by atomic mass is 19.4. The summed E-state index contributed by atoms with van der Waals surface area (Å²) in [6.45, 7) is 15.8. The van der Waals surface area contributed by atoms with Crippen molar-refractivity contribution in [3.63, 3.8) is 0 Å². The Morgan fingerprint density at radius 3 is 2.08 bits per heavy atom. The van der Waals surface area contributed by atoms with Gasteiger partial charge in [-0.05, 0) is 76.9 Å². The zero-order valence-electron chi connectivity index (χ0n) is 22.4. The lowest BCUT2D eigenvalue weighted by atomic mass is 9.91. The first-order valence-electron chi connectivity index (χ1n) is 13.3. The molecule has 3 heterocycles. The maximum atomic E-state index is 13.1. The third-order valence-electron chi connectivity index (χ3n) is 7.30. The largest absolute Gasteiger partial charge is 0.419 e. The molecule has 0 unspecified atom stereocenters. The summed E-state index contributed by atoms with van der Waals surface area (Å²) in [5.41, 5.74) is -0.503. The van der Waals surface area contributed by atoms with Crippen LogP contribution in [0.4, 0.5) is 23.9 Å². The molecule has 2 aliphatic heterocycles. The smallest absolute Gasteiger partial charge is 0.338 e. The van der Waals surface area contributed by atoms with E-state index in [2.05, 4.69) is 41.0 Å². The molecular formula is C26H43F3N6O. The van der Waals surface area contributed by atoms with Crippen LogP contribution >= 0.6 is 0 Å². The minimum absolute atomic E-state index is 0.0724. The average Bonchev–Trinajstić information content (AvgIpc) is 2.76. The van der Waals surface area contributed by atoms with E-state index in [1.54, 1.807) is 0 Å². The lowest BCUT2D eigenvalue weighted by Gasteiger charge is -2.44. The molecule has 0 aliphatic carbocycles. The molecule has 204 valence electrons. The van der Waals surface area contributed by atoms with E-state index in [-0.39, 0.29) is 24.1 Å². The van der Waals surface area contributed by atoms with Crippen molar-refractivity contribution >= 4 is 12.0 Å². The molecule has 0 saturated carbocycles. The van der Waals surface area contributed by atoms with Gasteiger partial charge in [-0.3, -0.25) is 0 Å². The fraction of sp³-hybridized carbons (Fsp3) is 0.808. The number of likely N-dealkylation sites (tertiary alicyclic amines) is 1. The van der Waals surface area contributed by atoms with Gasteiger partial charge in [-0.1, -0.05) is 20.8 Å². The van der Waals surface area contributed by atoms with Gasteiger partial charge in [-0.2, -0.15) is 13.2 Å². The van der Waals surface area contributed by atoms with E-state index in [0.717, 1.165) is 57.7 Å². The third-order valence-corrected chi connectivity index (χ3v) is 7.30. The minimum atomic E-state index is -4.46. The number of anilines is 1. The summed E-state index contributed by atoms with van der Waals surface area (Å²) in [6.07, 6.45) is 2.93. The molecule has 0 aromatic carbocycles. The summed E-state index contributed by atoms with van der Waals surface area (Å²) in [5.74, 6) is 0.749. The van der Waals surface area contributed by atoms with Gasteiger partial charge in [0.15, 0.2) is 0 Å². The van der Waals surface area contributed by atoms with E-state index in [9.17, 15) is 18.0 Å². The molecule has 2 fully saturated rings. The number of amides is 2. The predicted octanol–water partition coefficient (Wildman–Crippen LogP) is 5.03. The Morgan fingerprint density at radius 1 is 1.03 bits per heavy atom. The fourth-order valence-electron chi connectivity index (χ4n) is 5.22. The van der Waals surface area contributed by atoms with E-state index in [4.69, 9.17) is 0 Å². The summed E-state index contributed by atoms with van der Waals surface area (Å²) in [5, 5.41) is 3.16. The van der Waals surface area contributed by atoms with Gasteiger partial charge in [-0.25, -0.2) is 14.8 Å². The highest BCUT2D eigenvalue weighted by molar-refractivity contribution is 5.75. The zero-order valence-corrected chi connectivity index (χ0v) is 22.4. The number of urea groups is 1. The number of nitrogens with zero attached hydrogens (tertiary/aromatic N) is 5. The number of halogens is 3. The topological polar surface area (TPSA) is 64.6 Å². The molecule has 0 spiro atoms. The molecule has 0 bridgehead atoms. The molecule has 1 aromatic rings. The molecule has 1 aromatic heterocycles. The van der Waals surface area contributed by atoms with E-state index < -0.39 is 11.7 Å².